The molecule has 88 valence electrons. The number of hydrogen-bond donors (Lipinski definition) is 0. The second-order valence-corrected chi connectivity index (χ2v) is 5.97. The molecule has 0 saturated carbocycles. The summed E-state index contributed by atoms with van der Waals surface area (Å²) >= 11 is 13.3. The third-order valence-electron chi connectivity index (χ3n) is 2.66. The van der Waals surface area contributed by atoms with Gasteiger partial charge in [0.05, 0.1) is 0 Å². The van der Waals surface area contributed by atoms with Crippen LogP contribution in [0, 0.1) is 0 Å². The summed E-state index contributed by atoms with van der Waals surface area (Å²) < 4.78 is 2.10. The largest absolute Gasteiger partial charge is 0.0837 e. The highest BCUT2D eigenvalue weighted by molar-refractivity contribution is 9.11. The van der Waals surface area contributed by atoms with Gasteiger partial charge in [0, 0.05) is 19.5 Å². The summed E-state index contributed by atoms with van der Waals surface area (Å²) in [4.78, 5) is 0. The van der Waals surface area contributed by atoms with E-state index in [0.29, 0.717) is 0 Å². The first-order valence-electron chi connectivity index (χ1n) is 5.35. The fourth-order valence-corrected chi connectivity index (χ4v) is 2.74. The highest BCUT2D eigenvalue weighted by Crippen LogP contribution is 2.35. The minimum Gasteiger partial charge on any atom is -0.0837 e. The topological polar surface area (TPSA) is 0 Å². The maximum atomic E-state index is 6.28. The van der Waals surface area contributed by atoms with E-state index in [9.17, 15) is 0 Å². The fourth-order valence-electron chi connectivity index (χ4n) is 1.70. The van der Waals surface area contributed by atoms with Crippen molar-refractivity contribution in [2.75, 3.05) is 0 Å². The molecule has 0 N–H and O–H groups in total. The number of halogens is 3. The van der Waals surface area contributed by atoms with Crippen LogP contribution >= 0.6 is 43.5 Å². The molecule has 17 heavy (non-hydrogen) atoms. The Kier molecular flexibility index (Phi) is 4.29. The molecule has 0 aromatic heterocycles. The van der Waals surface area contributed by atoms with Gasteiger partial charge in [-0.25, -0.2) is 0 Å². The van der Waals surface area contributed by atoms with Gasteiger partial charge in [-0.05, 0) is 47.9 Å². The number of hydrogen-bond acceptors (Lipinski definition) is 0. The lowest BCUT2D eigenvalue weighted by Crippen LogP contribution is -1.86. The number of benzene rings is 2. The van der Waals surface area contributed by atoms with Crippen molar-refractivity contribution in [3.05, 3.63) is 55.9 Å². The van der Waals surface area contributed by atoms with Gasteiger partial charge < -0.3 is 0 Å². The van der Waals surface area contributed by atoms with Gasteiger partial charge in [-0.1, -0.05) is 56.5 Å². The van der Waals surface area contributed by atoms with Crippen molar-refractivity contribution >= 4 is 43.5 Å². The van der Waals surface area contributed by atoms with Gasteiger partial charge in [-0.3, -0.25) is 0 Å². The molecule has 0 radical (unpaired) electrons. The summed E-state index contributed by atoms with van der Waals surface area (Å²) in [5, 5.41) is 0.779. The average Bonchev–Trinajstić information content (AvgIpc) is 2.33. The summed E-state index contributed by atoms with van der Waals surface area (Å²) in [6.07, 6.45) is 1.01. The SMILES string of the molecule is CCc1ccc(Cl)c(-c2cc(Br)ccc2Br)c1. The normalized spacial score (nSPS) is 10.6. The molecule has 0 aliphatic rings. The first-order valence-corrected chi connectivity index (χ1v) is 7.32. The molecule has 0 saturated heterocycles. The molecular formula is C14H11Br2Cl. The van der Waals surface area contributed by atoms with Crippen LogP contribution in [0.15, 0.2) is 45.3 Å². The lowest BCUT2D eigenvalue weighted by Gasteiger charge is -2.09. The van der Waals surface area contributed by atoms with E-state index in [0.717, 1.165) is 31.5 Å². The molecule has 0 amide bonds. The Morgan fingerprint density at radius 3 is 2.47 bits per heavy atom. The van der Waals surface area contributed by atoms with Crippen molar-refractivity contribution in [1.29, 1.82) is 0 Å². The third kappa shape index (κ3) is 2.93. The van der Waals surface area contributed by atoms with Gasteiger partial charge in [-0.15, -0.1) is 0 Å². The molecule has 2 aromatic carbocycles. The number of rotatable bonds is 2. The highest BCUT2D eigenvalue weighted by Gasteiger charge is 2.08. The average molecular weight is 375 g/mol. The Morgan fingerprint density at radius 1 is 1.00 bits per heavy atom. The third-order valence-corrected chi connectivity index (χ3v) is 4.17. The van der Waals surface area contributed by atoms with E-state index in [1.807, 2.05) is 18.2 Å². The highest BCUT2D eigenvalue weighted by atomic mass is 79.9. The van der Waals surface area contributed by atoms with Crippen LogP contribution in [0.5, 0.6) is 0 Å². The first kappa shape index (κ1) is 13.1. The second-order valence-electron chi connectivity index (χ2n) is 3.79. The first-order chi connectivity index (χ1) is 8.11. The molecular weight excluding hydrogens is 363 g/mol. The van der Waals surface area contributed by atoms with Gasteiger partial charge in [0.2, 0.25) is 0 Å². The van der Waals surface area contributed by atoms with E-state index in [1.54, 1.807) is 0 Å². The molecule has 3 heteroatoms. The minimum atomic E-state index is 0.779. The lowest BCUT2D eigenvalue weighted by molar-refractivity contribution is 1.14. The second kappa shape index (κ2) is 5.55. The summed E-state index contributed by atoms with van der Waals surface area (Å²) in [7, 11) is 0. The van der Waals surface area contributed by atoms with E-state index >= 15 is 0 Å². The van der Waals surface area contributed by atoms with E-state index in [-0.39, 0.29) is 0 Å². The Morgan fingerprint density at radius 2 is 1.76 bits per heavy atom. The molecule has 0 aliphatic carbocycles. The van der Waals surface area contributed by atoms with Gasteiger partial charge in [0.25, 0.3) is 0 Å². The van der Waals surface area contributed by atoms with Crippen LogP contribution in [0.4, 0.5) is 0 Å². The standard InChI is InChI=1S/C14H11Br2Cl/c1-2-9-3-6-14(17)12(7-9)11-8-10(15)4-5-13(11)16/h3-8H,2H2,1H3. The zero-order chi connectivity index (χ0) is 12.4. The minimum absolute atomic E-state index is 0.779. The van der Waals surface area contributed by atoms with Crippen molar-refractivity contribution in [3.63, 3.8) is 0 Å². The van der Waals surface area contributed by atoms with E-state index in [1.165, 1.54) is 5.56 Å². The molecule has 0 spiro atoms. The zero-order valence-electron chi connectivity index (χ0n) is 9.31. The quantitative estimate of drug-likeness (QED) is 0.596. The molecule has 2 rings (SSSR count). The van der Waals surface area contributed by atoms with Crippen LogP contribution in [0.3, 0.4) is 0 Å². The van der Waals surface area contributed by atoms with Crippen molar-refractivity contribution in [3.8, 4) is 11.1 Å². The van der Waals surface area contributed by atoms with Crippen molar-refractivity contribution < 1.29 is 0 Å². The Hall–Kier alpha value is -0.310. The number of aryl methyl sites for hydroxylation is 1. The van der Waals surface area contributed by atoms with E-state index in [2.05, 4.69) is 57.0 Å². The Bertz CT molecular complexity index is 550. The van der Waals surface area contributed by atoms with Gasteiger partial charge in [-0.2, -0.15) is 0 Å². The van der Waals surface area contributed by atoms with Crippen LogP contribution < -0.4 is 0 Å². The lowest BCUT2D eigenvalue weighted by atomic mass is 10.0. The Labute approximate surface area is 123 Å². The molecule has 0 aliphatic heterocycles. The van der Waals surface area contributed by atoms with E-state index in [4.69, 9.17) is 11.6 Å². The van der Waals surface area contributed by atoms with Crippen LogP contribution in [-0.4, -0.2) is 0 Å². The summed E-state index contributed by atoms with van der Waals surface area (Å²) in [5.74, 6) is 0. The molecule has 0 atom stereocenters. The summed E-state index contributed by atoms with van der Waals surface area (Å²) in [5.41, 5.74) is 3.47. The monoisotopic (exact) mass is 372 g/mol. The van der Waals surface area contributed by atoms with Crippen molar-refractivity contribution in [2.45, 2.75) is 13.3 Å². The van der Waals surface area contributed by atoms with Gasteiger partial charge in [0.15, 0.2) is 0 Å². The fraction of sp³-hybridized carbons (Fsp3) is 0.143. The van der Waals surface area contributed by atoms with Crippen LogP contribution in [-0.2, 0) is 6.42 Å². The summed E-state index contributed by atoms with van der Waals surface area (Å²) in [6.45, 7) is 2.14. The molecule has 0 bridgehead atoms. The predicted octanol–water partition coefficient (Wildman–Crippen LogP) is 6.09. The van der Waals surface area contributed by atoms with Crippen molar-refractivity contribution in [1.82, 2.24) is 0 Å². The summed E-state index contributed by atoms with van der Waals surface area (Å²) in [6, 6.07) is 12.3. The predicted molar refractivity (Wildman–Crippen MR) is 81.7 cm³/mol. The smallest absolute Gasteiger partial charge is 0.0484 e. The maximum Gasteiger partial charge on any atom is 0.0484 e. The zero-order valence-corrected chi connectivity index (χ0v) is 13.2. The van der Waals surface area contributed by atoms with Crippen molar-refractivity contribution in [2.24, 2.45) is 0 Å². The molecule has 0 nitrogen and oxygen atoms in total. The molecule has 2 aromatic rings. The maximum absolute atomic E-state index is 6.28. The van der Waals surface area contributed by atoms with Crippen LogP contribution in [0.25, 0.3) is 11.1 Å². The molecule has 0 fully saturated rings. The molecule has 0 unspecified atom stereocenters. The Balaban J connectivity index is 2.62. The van der Waals surface area contributed by atoms with Gasteiger partial charge >= 0.3 is 0 Å². The van der Waals surface area contributed by atoms with Crippen LogP contribution in [0.1, 0.15) is 12.5 Å². The molecule has 0 heterocycles. The van der Waals surface area contributed by atoms with Crippen LogP contribution in [0.2, 0.25) is 5.02 Å². The van der Waals surface area contributed by atoms with E-state index < -0.39 is 0 Å². The van der Waals surface area contributed by atoms with Gasteiger partial charge in [0.1, 0.15) is 0 Å².